The van der Waals surface area contributed by atoms with E-state index in [2.05, 4.69) is 16.4 Å². The predicted molar refractivity (Wildman–Crippen MR) is 77.5 cm³/mol. The summed E-state index contributed by atoms with van der Waals surface area (Å²) in [5.74, 6) is -0.287. The smallest absolute Gasteiger partial charge is 0.308 e. The normalized spacial score (nSPS) is 14.2. The summed E-state index contributed by atoms with van der Waals surface area (Å²) >= 11 is 0. The van der Waals surface area contributed by atoms with Gasteiger partial charge in [0.05, 0.1) is 18.5 Å². The second-order valence-corrected chi connectivity index (χ2v) is 5.15. The Bertz CT molecular complexity index is 633. The molecule has 2 aromatic rings. The molecule has 20 heavy (non-hydrogen) atoms. The van der Waals surface area contributed by atoms with E-state index in [1.807, 2.05) is 38.4 Å². The van der Waals surface area contributed by atoms with Crippen molar-refractivity contribution in [2.75, 3.05) is 7.11 Å². The zero-order valence-corrected chi connectivity index (χ0v) is 12.7. The Morgan fingerprint density at radius 2 is 2.10 bits per heavy atom. The van der Waals surface area contributed by atoms with E-state index < -0.39 is 0 Å². The number of fused-ring (bicyclic) bond motifs is 1. The van der Waals surface area contributed by atoms with Crippen LogP contribution in [0, 0.1) is 12.8 Å². The summed E-state index contributed by atoms with van der Waals surface area (Å²) < 4.78 is 6.71. The van der Waals surface area contributed by atoms with Gasteiger partial charge in [0.1, 0.15) is 5.52 Å². The van der Waals surface area contributed by atoms with Crippen molar-refractivity contribution in [3.8, 4) is 0 Å². The molecule has 0 saturated heterocycles. The van der Waals surface area contributed by atoms with E-state index in [0.29, 0.717) is 0 Å². The van der Waals surface area contributed by atoms with Crippen molar-refractivity contribution in [3.63, 3.8) is 0 Å². The van der Waals surface area contributed by atoms with Gasteiger partial charge in [-0.3, -0.25) is 4.79 Å². The van der Waals surface area contributed by atoms with Crippen LogP contribution >= 0.6 is 0 Å². The summed E-state index contributed by atoms with van der Waals surface area (Å²) in [7, 11) is 1.43. The highest BCUT2D eigenvalue weighted by molar-refractivity contribution is 5.80. The molecule has 2 rings (SSSR count). The van der Waals surface area contributed by atoms with Crippen LogP contribution in [0.1, 0.15) is 37.8 Å². The number of methoxy groups -OCH3 is 1. The van der Waals surface area contributed by atoms with E-state index in [4.69, 9.17) is 4.74 Å². The van der Waals surface area contributed by atoms with Gasteiger partial charge in [0, 0.05) is 6.54 Å². The van der Waals surface area contributed by atoms with Gasteiger partial charge in [0.25, 0.3) is 0 Å². The second-order valence-electron chi connectivity index (χ2n) is 5.15. The Hall–Kier alpha value is -1.91. The van der Waals surface area contributed by atoms with E-state index in [0.717, 1.165) is 28.7 Å². The third-order valence-corrected chi connectivity index (χ3v) is 4.10. The van der Waals surface area contributed by atoms with Crippen molar-refractivity contribution in [3.05, 3.63) is 23.3 Å². The first-order valence-corrected chi connectivity index (χ1v) is 6.91. The Labute approximate surface area is 118 Å². The van der Waals surface area contributed by atoms with Crippen LogP contribution < -0.4 is 0 Å². The topological polar surface area (TPSA) is 57.0 Å². The largest absolute Gasteiger partial charge is 0.469 e. The fourth-order valence-electron chi connectivity index (χ4n) is 2.57. The minimum absolute atomic E-state index is 0.0821. The quantitative estimate of drug-likeness (QED) is 0.805. The molecular weight excluding hydrogens is 254 g/mol. The predicted octanol–water partition coefficient (Wildman–Crippen LogP) is 2.67. The van der Waals surface area contributed by atoms with Crippen LogP contribution in [0.3, 0.4) is 0 Å². The molecule has 0 aliphatic carbocycles. The molecule has 0 fully saturated rings. The molecule has 0 radical (unpaired) electrons. The summed E-state index contributed by atoms with van der Waals surface area (Å²) in [5, 5.41) is 8.40. The number of esters is 1. The van der Waals surface area contributed by atoms with E-state index in [-0.39, 0.29) is 17.8 Å². The summed E-state index contributed by atoms with van der Waals surface area (Å²) in [5.41, 5.74) is 4.16. The SMILES string of the molecule is CCn1nnc2c(C)c(C(C)C(C)C(=O)OC)ccc21. The summed E-state index contributed by atoms with van der Waals surface area (Å²) in [6.45, 7) is 8.80. The first-order chi connectivity index (χ1) is 9.51. The standard InChI is InChI=1S/C15H21N3O2/c1-6-18-13-8-7-12(11(4)14(13)16-17-18)9(2)10(3)15(19)20-5/h7-10H,6H2,1-5H3. The molecule has 0 N–H and O–H groups in total. The van der Waals surface area contributed by atoms with Gasteiger partial charge < -0.3 is 4.74 Å². The highest BCUT2D eigenvalue weighted by atomic mass is 16.5. The van der Waals surface area contributed by atoms with Crippen molar-refractivity contribution >= 4 is 17.0 Å². The maximum absolute atomic E-state index is 11.7. The van der Waals surface area contributed by atoms with Crippen LogP contribution in [0.4, 0.5) is 0 Å². The van der Waals surface area contributed by atoms with Gasteiger partial charge >= 0.3 is 5.97 Å². The molecule has 5 nitrogen and oxygen atoms in total. The van der Waals surface area contributed by atoms with E-state index >= 15 is 0 Å². The zero-order chi connectivity index (χ0) is 14.9. The van der Waals surface area contributed by atoms with Gasteiger partial charge in [-0.15, -0.1) is 5.10 Å². The molecule has 0 aliphatic rings. The number of nitrogens with zero attached hydrogens (tertiary/aromatic N) is 3. The van der Waals surface area contributed by atoms with Crippen molar-refractivity contribution < 1.29 is 9.53 Å². The minimum atomic E-state index is -0.186. The number of ether oxygens (including phenoxy) is 1. The Balaban J connectivity index is 2.45. The first-order valence-electron chi connectivity index (χ1n) is 6.91. The van der Waals surface area contributed by atoms with Crippen LogP contribution in [-0.4, -0.2) is 28.1 Å². The molecule has 2 unspecified atom stereocenters. The van der Waals surface area contributed by atoms with Gasteiger partial charge in [0.2, 0.25) is 0 Å². The molecule has 1 heterocycles. The molecule has 0 saturated carbocycles. The maximum atomic E-state index is 11.7. The molecule has 108 valence electrons. The highest BCUT2D eigenvalue weighted by Gasteiger charge is 2.24. The van der Waals surface area contributed by atoms with Crippen molar-refractivity contribution in [2.24, 2.45) is 5.92 Å². The van der Waals surface area contributed by atoms with Crippen molar-refractivity contribution in [1.29, 1.82) is 0 Å². The van der Waals surface area contributed by atoms with Crippen LogP contribution in [-0.2, 0) is 16.1 Å². The second kappa shape index (κ2) is 5.61. The third-order valence-electron chi connectivity index (χ3n) is 4.10. The molecule has 1 aromatic heterocycles. The number of rotatable bonds is 4. The maximum Gasteiger partial charge on any atom is 0.308 e. The molecular formula is C15H21N3O2. The number of aryl methyl sites for hydroxylation is 2. The number of carbonyl (C=O) groups excluding carboxylic acids is 1. The van der Waals surface area contributed by atoms with Gasteiger partial charge in [-0.2, -0.15) is 0 Å². The fourth-order valence-corrected chi connectivity index (χ4v) is 2.57. The molecule has 5 heteroatoms. The number of hydrogen-bond acceptors (Lipinski definition) is 4. The van der Waals surface area contributed by atoms with Gasteiger partial charge in [-0.25, -0.2) is 4.68 Å². The average molecular weight is 275 g/mol. The number of aromatic nitrogens is 3. The van der Waals surface area contributed by atoms with Gasteiger partial charge in [-0.05, 0) is 37.0 Å². The molecule has 0 spiro atoms. The fraction of sp³-hybridized carbons (Fsp3) is 0.533. The third kappa shape index (κ3) is 2.28. The Kier molecular flexibility index (Phi) is 4.06. The van der Waals surface area contributed by atoms with Crippen molar-refractivity contribution in [2.45, 2.75) is 40.2 Å². The molecule has 0 aliphatic heterocycles. The van der Waals surface area contributed by atoms with Crippen LogP contribution in [0.2, 0.25) is 0 Å². The Morgan fingerprint density at radius 3 is 2.70 bits per heavy atom. The Morgan fingerprint density at radius 1 is 1.40 bits per heavy atom. The van der Waals surface area contributed by atoms with Crippen LogP contribution in [0.25, 0.3) is 11.0 Å². The van der Waals surface area contributed by atoms with E-state index in [9.17, 15) is 4.79 Å². The summed E-state index contributed by atoms with van der Waals surface area (Å²) in [6, 6.07) is 4.10. The lowest BCUT2D eigenvalue weighted by molar-refractivity contribution is -0.145. The van der Waals surface area contributed by atoms with Crippen LogP contribution in [0.5, 0.6) is 0 Å². The van der Waals surface area contributed by atoms with Gasteiger partial charge in [0.15, 0.2) is 0 Å². The van der Waals surface area contributed by atoms with E-state index in [1.165, 1.54) is 7.11 Å². The molecule has 0 amide bonds. The minimum Gasteiger partial charge on any atom is -0.469 e. The monoisotopic (exact) mass is 275 g/mol. The summed E-state index contributed by atoms with van der Waals surface area (Å²) in [4.78, 5) is 11.7. The molecule has 1 aromatic carbocycles. The van der Waals surface area contributed by atoms with E-state index in [1.54, 1.807) is 0 Å². The zero-order valence-electron chi connectivity index (χ0n) is 12.7. The van der Waals surface area contributed by atoms with Gasteiger partial charge in [-0.1, -0.05) is 25.1 Å². The summed E-state index contributed by atoms with van der Waals surface area (Å²) in [6.07, 6.45) is 0. The highest BCUT2D eigenvalue weighted by Crippen LogP contribution is 2.31. The average Bonchev–Trinajstić information content (AvgIpc) is 2.89. The number of hydrogen-bond donors (Lipinski definition) is 0. The van der Waals surface area contributed by atoms with Crippen LogP contribution in [0.15, 0.2) is 12.1 Å². The number of benzene rings is 1. The lowest BCUT2D eigenvalue weighted by Crippen LogP contribution is -2.19. The number of carbonyl (C=O) groups is 1. The van der Waals surface area contributed by atoms with Crippen molar-refractivity contribution in [1.82, 2.24) is 15.0 Å². The molecule has 2 atom stereocenters. The first kappa shape index (κ1) is 14.5. The lowest BCUT2D eigenvalue weighted by Gasteiger charge is -2.20. The lowest BCUT2D eigenvalue weighted by atomic mass is 9.86. The molecule has 0 bridgehead atoms.